The van der Waals surface area contributed by atoms with Crippen LogP contribution < -0.4 is 0 Å². The summed E-state index contributed by atoms with van der Waals surface area (Å²) in [5, 5.41) is 0. The maximum Gasteiger partial charge on any atom is 0.214 e. The molecule has 0 aliphatic carbocycles. The molecule has 44 heavy (non-hydrogen) atoms. The van der Waals surface area contributed by atoms with Gasteiger partial charge in [-0.3, -0.25) is 17.9 Å². The fourth-order valence-electron chi connectivity index (χ4n) is 13.0. The molecule has 2 aromatic rings. The summed E-state index contributed by atoms with van der Waals surface area (Å²) in [5.74, 6) is 0. The quantitative estimate of drug-likeness (QED) is 0.425. The third-order valence-corrected chi connectivity index (χ3v) is 14.9. The molecule has 2 aromatic carbocycles. The molecule has 0 saturated carbocycles. The molecular formula is C36H52N8+4. The molecule has 4 unspecified atom stereocenters. The van der Waals surface area contributed by atoms with Crippen molar-refractivity contribution in [1.82, 2.24) is 19.6 Å². The zero-order valence-electron chi connectivity index (χ0n) is 26.6. The predicted octanol–water partition coefficient (Wildman–Crippen LogP) is 1.29. The van der Waals surface area contributed by atoms with Gasteiger partial charge < -0.3 is 0 Å². The van der Waals surface area contributed by atoms with Crippen LogP contribution in [0.2, 0.25) is 0 Å². The van der Waals surface area contributed by atoms with E-state index in [1.54, 1.807) is 22.3 Å². The Bertz CT molecular complexity index is 1300. The van der Waals surface area contributed by atoms with E-state index in [2.05, 4.69) is 68.1 Å². The molecular weight excluding hydrogens is 544 g/mol. The molecule has 9 aliphatic heterocycles. The second kappa shape index (κ2) is 8.92. The van der Waals surface area contributed by atoms with Crippen LogP contribution in [-0.2, 0) is 26.2 Å². The number of hydrogen-bond acceptors (Lipinski definition) is 4. The zero-order valence-corrected chi connectivity index (χ0v) is 26.6. The van der Waals surface area contributed by atoms with E-state index in [4.69, 9.17) is 0 Å². The summed E-state index contributed by atoms with van der Waals surface area (Å²) in [6.07, 6.45) is 2.62. The number of hydrogen-bond donors (Lipinski definition) is 0. The lowest BCUT2D eigenvalue weighted by Gasteiger charge is -2.57. The molecule has 8 fully saturated rings. The van der Waals surface area contributed by atoms with Crippen molar-refractivity contribution in [3.63, 3.8) is 0 Å². The van der Waals surface area contributed by atoms with Crippen molar-refractivity contribution in [2.24, 2.45) is 0 Å². The number of nitrogens with zero attached hydrogens (tertiary/aromatic N) is 8. The zero-order chi connectivity index (χ0) is 28.7. The normalized spacial score (nSPS) is 46.2. The van der Waals surface area contributed by atoms with Crippen molar-refractivity contribution in [2.75, 3.05) is 105 Å². The first-order valence-corrected chi connectivity index (χ1v) is 18.1. The van der Waals surface area contributed by atoms with Crippen LogP contribution in [0, 0.1) is 0 Å². The Kier molecular flexibility index (Phi) is 5.32. The van der Waals surface area contributed by atoms with Gasteiger partial charge in [0.15, 0.2) is 0 Å². The van der Waals surface area contributed by atoms with Crippen LogP contribution in [0.3, 0.4) is 0 Å². The summed E-state index contributed by atoms with van der Waals surface area (Å²) in [5.41, 5.74) is 6.43. The topological polar surface area (TPSA) is 13.0 Å². The average molecular weight is 597 g/mol. The van der Waals surface area contributed by atoms with Crippen molar-refractivity contribution in [3.05, 3.63) is 70.8 Å². The highest BCUT2D eigenvalue weighted by atomic mass is 15.7. The minimum Gasteiger partial charge on any atom is -0.296 e. The van der Waals surface area contributed by atoms with Crippen molar-refractivity contribution in [1.29, 1.82) is 0 Å². The van der Waals surface area contributed by atoms with Crippen molar-refractivity contribution < 1.29 is 17.9 Å². The Balaban J connectivity index is 1.07. The van der Waals surface area contributed by atoms with Crippen LogP contribution in [0.4, 0.5) is 0 Å². The Labute approximate surface area is 263 Å². The van der Waals surface area contributed by atoms with Crippen LogP contribution >= 0.6 is 0 Å². The molecule has 4 atom stereocenters. The van der Waals surface area contributed by atoms with Crippen molar-refractivity contribution >= 4 is 0 Å². The summed E-state index contributed by atoms with van der Waals surface area (Å²) < 4.78 is 5.21. The van der Waals surface area contributed by atoms with E-state index in [0.717, 1.165) is 0 Å². The molecule has 9 heterocycles. The molecule has 0 aromatic heterocycles. The van der Waals surface area contributed by atoms with E-state index in [0.29, 0.717) is 24.7 Å². The molecule has 0 spiro atoms. The standard InChI is InChI=1S/C36H52N8/c1-3-29-23-30(4-1)26-42-16-8-38-14-22-44(18-10-40(12-20-42)36(44)34(38)42)28-32-6-2-5-31(24-32)27-43-17-9-39-11-19-41(25-29)15-7-37(13-21-43)33(41)35(39)43/h1-6,23-24,33-36H,7-22,25-28H2/q+4. The fourth-order valence-corrected chi connectivity index (χ4v) is 13.0. The maximum atomic E-state index is 2.94. The summed E-state index contributed by atoms with van der Waals surface area (Å²) in [6, 6.07) is 20.2. The molecule has 8 saturated heterocycles. The predicted molar refractivity (Wildman–Crippen MR) is 169 cm³/mol. The lowest BCUT2D eigenvalue weighted by Crippen LogP contribution is -2.78. The van der Waals surface area contributed by atoms with E-state index in [1.165, 1.54) is 149 Å². The second-order valence-corrected chi connectivity index (χ2v) is 16.7. The molecule has 0 amide bonds. The van der Waals surface area contributed by atoms with E-state index in [9.17, 15) is 0 Å². The molecule has 8 heteroatoms. The monoisotopic (exact) mass is 596 g/mol. The summed E-state index contributed by atoms with van der Waals surface area (Å²) in [7, 11) is 0. The largest absolute Gasteiger partial charge is 0.296 e. The number of benzene rings is 2. The molecule has 9 aliphatic rings. The van der Waals surface area contributed by atoms with Gasteiger partial charge >= 0.3 is 0 Å². The van der Waals surface area contributed by atoms with Gasteiger partial charge in [0.2, 0.25) is 24.7 Å². The van der Waals surface area contributed by atoms with Crippen LogP contribution in [0.15, 0.2) is 48.5 Å². The number of rotatable bonds is 0. The number of quaternary nitrogens is 4. The molecule has 12 bridgehead atoms. The second-order valence-electron chi connectivity index (χ2n) is 16.7. The van der Waals surface area contributed by atoms with Gasteiger partial charge in [0.25, 0.3) is 0 Å². The highest BCUT2D eigenvalue weighted by Crippen LogP contribution is 2.47. The average Bonchev–Trinajstić information content (AvgIpc) is 3.78. The van der Waals surface area contributed by atoms with Gasteiger partial charge in [0, 0.05) is 22.3 Å². The van der Waals surface area contributed by atoms with Crippen LogP contribution in [0.25, 0.3) is 0 Å². The van der Waals surface area contributed by atoms with Gasteiger partial charge in [-0.05, 0) is 12.1 Å². The van der Waals surface area contributed by atoms with Crippen LogP contribution in [-0.4, -0.2) is 167 Å². The van der Waals surface area contributed by atoms with E-state index in [1.807, 2.05) is 0 Å². The third-order valence-electron chi connectivity index (χ3n) is 14.9. The molecule has 8 nitrogen and oxygen atoms in total. The number of fused-ring (bicyclic) bond motifs is 4. The van der Waals surface area contributed by atoms with E-state index in [-0.39, 0.29) is 0 Å². The summed E-state index contributed by atoms with van der Waals surface area (Å²) >= 11 is 0. The third kappa shape index (κ3) is 3.41. The first kappa shape index (κ1) is 26.2. The first-order chi connectivity index (χ1) is 21.6. The lowest BCUT2D eigenvalue weighted by atomic mass is 9.99. The van der Waals surface area contributed by atoms with E-state index < -0.39 is 0 Å². The van der Waals surface area contributed by atoms with E-state index >= 15 is 0 Å². The maximum absolute atomic E-state index is 2.94. The highest BCUT2D eigenvalue weighted by Gasteiger charge is 2.69. The fraction of sp³-hybridized carbons (Fsp3) is 0.667. The lowest BCUT2D eigenvalue weighted by molar-refractivity contribution is -1.04. The SMILES string of the molecule is c1cc2cc(c1)C[N+]13CCN4CC[N+]5(CCN(CC1)C5C43)Cc1cccc(c1)C[N+]13CCN4CC[N+]5(CCN(CC1)C5C43)C2. The van der Waals surface area contributed by atoms with Crippen LogP contribution in [0.5, 0.6) is 0 Å². The minimum atomic E-state index is 0.655. The molecule has 0 N–H and O–H groups in total. The molecule has 232 valence electrons. The Hall–Kier alpha value is -1.88. The van der Waals surface area contributed by atoms with Gasteiger partial charge in [-0.25, -0.2) is 19.6 Å². The first-order valence-electron chi connectivity index (χ1n) is 18.1. The summed E-state index contributed by atoms with van der Waals surface area (Å²) in [4.78, 5) is 11.7. The van der Waals surface area contributed by atoms with Gasteiger partial charge in [-0.15, -0.1) is 0 Å². The Morgan fingerprint density at radius 2 is 0.591 bits per heavy atom. The Morgan fingerprint density at radius 3 is 0.818 bits per heavy atom. The summed E-state index contributed by atoms with van der Waals surface area (Å²) in [6.45, 7) is 25.8. The van der Waals surface area contributed by atoms with Gasteiger partial charge in [-0.2, -0.15) is 0 Å². The smallest absolute Gasteiger partial charge is 0.214 e. The van der Waals surface area contributed by atoms with Crippen molar-refractivity contribution in [2.45, 2.75) is 50.8 Å². The number of piperazine rings is 4. The van der Waals surface area contributed by atoms with Gasteiger partial charge in [-0.1, -0.05) is 36.4 Å². The molecule has 11 rings (SSSR count). The highest BCUT2D eigenvalue weighted by molar-refractivity contribution is 5.24. The Morgan fingerprint density at radius 1 is 0.364 bits per heavy atom. The minimum absolute atomic E-state index is 0.655. The molecule has 0 radical (unpaired) electrons. The van der Waals surface area contributed by atoms with Crippen molar-refractivity contribution in [3.8, 4) is 0 Å². The van der Waals surface area contributed by atoms with Gasteiger partial charge in [0.1, 0.15) is 26.2 Å². The van der Waals surface area contributed by atoms with Gasteiger partial charge in [0.05, 0.1) is 105 Å². The van der Waals surface area contributed by atoms with Crippen LogP contribution in [0.1, 0.15) is 22.3 Å².